The summed E-state index contributed by atoms with van der Waals surface area (Å²) in [7, 11) is 0. The van der Waals surface area contributed by atoms with Crippen LogP contribution >= 0.6 is 0 Å². The maximum absolute atomic E-state index is 10.5. The molecule has 0 aliphatic heterocycles. The fourth-order valence-corrected chi connectivity index (χ4v) is 2.15. The molecule has 14 heavy (non-hydrogen) atoms. The average molecular weight is 195 g/mol. The largest absolute Gasteiger partial charge is 0.550 e. The second-order valence-electron chi connectivity index (χ2n) is 4.07. The van der Waals surface area contributed by atoms with Gasteiger partial charge in [0.1, 0.15) is 0 Å². The van der Waals surface area contributed by atoms with Crippen LogP contribution in [0.4, 0.5) is 0 Å². The number of carboxylic acids is 1. The zero-order valence-electron chi connectivity index (χ0n) is 8.97. The highest BCUT2D eigenvalue weighted by molar-refractivity contribution is 5.68. The fourth-order valence-electron chi connectivity index (χ4n) is 2.15. The van der Waals surface area contributed by atoms with E-state index >= 15 is 0 Å². The molecule has 2 heteroatoms. The van der Waals surface area contributed by atoms with Crippen LogP contribution in [-0.4, -0.2) is 5.97 Å². The van der Waals surface area contributed by atoms with E-state index in [2.05, 4.69) is 6.92 Å². The van der Waals surface area contributed by atoms with E-state index < -0.39 is 5.97 Å². The van der Waals surface area contributed by atoms with Crippen LogP contribution in [0.5, 0.6) is 0 Å². The maximum atomic E-state index is 10.5. The lowest BCUT2D eigenvalue weighted by Gasteiger charge is -2.07. The summed E-state index contributed by atoms with van der Waals surface area (Å²) in [6, 6.07) is 0. The Hall–Kier alpha value is -0.790. The summed E-state index contributed by atoms with van der Waals surface area (Å²) in [4.78, 5) is 10.5. The molecule has 80 valence electrons. The van der Waals surface area contributed by atoms with Crippen molar-refractivity contribution in [3.05, 3.63) is 11.1 Å². The van der Waals surface area contributed by atoms with Gasteiger partial charge in [0.2, 0.25) is 0 Å². The predicted octanol–water partition coefficient (Wildman–Crippen LogP) is 2.19. The molecule has 0 heterocycles. The van der Waals surface area contributed by atoms with Gasteiger partial charge in [-0.3, -0.25) is 0 Å². The number of rotatable bonds is 6. The number of aliphatic carboxylic acids is 1. The smallest absolute Gasteiger partial charge is 0.0454 e. The minimum atomic E-state index is -0.921. The maximum Gasteiger partial charge on any atom is 0.0454 e. The standard InChI is InChI=1S/C12H20O2/c1-2-3-4-6-10-7-5-8-11(10)9-12(13)14/h2-9H2,1H3,(H,13,14)/p-1. The zero-order valence-corrected chi connectivity index (χ0v) is 8.97. The van der Waals surface area contributed by atoms with Crippen LogP contribution in [-0.2, 0) is 4.79 Å². The number of carbonyl (C=O) groups is 1. The van der Waals surface area contributed by atoms with Crippen molar-refractivity contribution >= 4 is 5.97 Å². The molecule has 0 atom stereocenters. The lowest BCUT2D eigenvalue weighted by molar-refractivity contribution is -0.304. The highest BCUT2D eigenvalue weighted by Gasteiger charge is 2.13. The highest BCUT2D eigenvalue weighted by atomic mass is 16.4. The van der Waals surface area contributed by atoms with Gasteiger partial charge in [-0.15, -0.1) is 0 Å². The molecule has 1 aliphatic rings. The molecule has 0 aromatic rings. The molecule has 0 radical (unpaired) electrons. The minimum Gasteiger partial charge on any atom is -0.550 e. The Balaban J connectivity index is 2.41. The van der Waals surface area contributed by atoms with Crippen molar-refractivity contribution in [1.29, 1.82) is 0 Å². The van der Waals surface area contributed by atoms with Crippen LogP contribution in [0.1, 0.15) is 58.3 Å². The fraction of sp³-hybridized carbons (Fsp3) is 0.750. The number of unbranched alkanes of at least 4 members (excludes halogenated alkanes) is 2. The molecule has 0 saturated heterocycles. The topological polar surface area (TPSA) is 40.1 Å². The normalized spacial score (nSPS) is 16.4. The van der Waals surface area contributed by atoms with Gasteiger partial charge in [-0.05, 0) is 32.1 Å². The summed E-state index contributed by atoms with van der Waals surface area (Å²) in [5.74, 6) is -0.921. The van der Waals surface area contributed by atoms with Crippen LogP contribution in [0.15, 0.2) is 11.1 Å². The molecule has 0 unspecified atom stereocenters. The van der Waals surface area contributed by atoms with Crippen molar-refractivity contribution in [2.45, 2.75) is 58.3 Å². The molecule has 0 aromatic carbocycles. The molecule has 0 aromatic heterocycles. The molecule has 0 saturated carbocycles. The first-order valence-electron chi connectivity index (χ1n) is 5.63. The van der Waals surface area contributed by atoms with E-state index in [-0.39, 0.29) is 6.42 Å². The van der Waals surface area contributed by atoms with Gasteiger partial charge in [0.05, 0.1) is 0 Å². The van der Waals surface area contributed by atoms with Crippen molar-refractivity contribution < 1.29 is 9.90 Å². The van der Waals surface area contributed by atoms with Gasteiger partial charge in [0, 0.05) is 12.4 Å². The van der Waals surface area contributed by atoms with Crippen molar-refractivity contribution in [3.63, 3.8) is 0 Å². The third-order valence-corrected chi connectivity index (χ3v) is 2.90. The number of hydrogen-bond donors (Lipinski definition) is 0. The summed E-state index contributed by atoms with van der Waals surface area (Å²) in [6.07, 6.45) is 8.21. The Morgan fingerprint density at radius 2 is 2.00 bits per heavy atom. The summed E-state index contributed by atoms with van der Waals surface area (Å²) < 4.78 is 0. The average Bonchev–Trinajstić information content (AvgIpc) is 2.52. The third-order valence-electron chi connectivity index (χ3n) is 2.90. The van der Waals surface area contributed by atoms with Crippen LogP contribution in [0, 0.1) is 0 Å². The number of carbonyl (C=O) groups excluding carboxylic acids is 1. The highest BCUT2D eigenvalue weighted by Crippen LogP contribution is 2.31. The first kappa shape index (κ1) is 11.3. The van der Waals surface area contributed by atoms with E-state index in [4.69, 9.17) is 0 Å². The molecular weight excluding hydrogens is 176 g/mol. The van der Waals surface area contributed by atoms with Crippen LogP contribution in [0.3, 0.4) is 0 Å². The van der Waals surface area contributed by atoms with Crippen molar-refractivity contribution in [2.75, 3.05) is 0 Å². The van der Waals surface area contributed by atoms with E-state index in [9.17, 15) is 9.90 Å². The van der Waals surface area contributed by atoms with E-state index in [1.807, 2.05) is 0 Å². The molecule has 0 fully saturated rings. The number of carboxylic acid groups (broad SMARTS) is 1. The van der Waals surface area contributed by atoms with Gasteiger partial charge in [0.25, 0.3) is 0 Å². The van der Waals surface area contributed by atoms with E-state index in [1.165, 1.54) is 24.8 Å². The van der Waals surface area contributed by atoms with Crippen LogP contribution in [0.25, 0.3) is 0 Å². The van der Waals surface area contributed by atoms with Crippen molar-refractivity contribution in [1.82, 2.24) is 0 Å². The molecule has 0 spiro atoms. The minimum absolute atomic E-state index is 0.168. The van der Waals surface area contributed by atoms with Gasteiger partial charge in [0.15, 0.2) is 0 Å². The monoisotopic (exact) mass is 195 g/mol. The summed E-state index contributed by atoms with van der Waals surface area (Å²) >= 11 is 0. The molecule has 0 amide bonds. The molecule has 1 rings (SSSR count). The Labute approximate surface area is 86.0 Å². The Bertz CT molecular complexity index is 228. The third kappa shape index (κ3) is 3.52. The lowest BCUT2D eigenvalue weighted by atomic mass is 10.0. The quantitative estimate of drug-likeness (QED) is 0.481. The summed E-state index contributed by atoms with van der Waals surface area (Å²) in [5.41, 5.74) is 2.56. The molecule has 2 nitrogen and oxygen atoms in total. The second-order valence-corrected chi connectivity index (χ2v) is 4.07. The van der Waals surface area contributed by atoms with Crippen molar-refractivity contribution in [2.24, 2.45) is 0 Å². The molecule has 1 aliphatic carbocycles. The summed E-state index contributed by atoms with van der Waals surface area (Å²) in [5, 5.41) is 10.5. The Kier molecular flexibility index (Phi) is 4.71. The van der Waals surface area contributed by atoms with E-state index in [0.717, 1.165) is 31.3 Å². The van der Waals surface area contributed by atoms with Gasteiger partial charge < -0.3 is 9.90 Å². The van der Waals surface area contributed by atoms with Gasteiger partial charge in [-0.1, -0.05) is 30.9 Å². The van der Waals surface area contributed by atoms with Gasteiger partial charge >= 0.3 is 0 Å². The first-order chi connectivity index (χ1) is 6.74. The first-order valence-corrected chi connectivity index (χ1v) is 5.63. The van der Waals surface area contributed by atoms with Gasteiger partial charge in [-0.2, -0.15) is 0 Å². The molecule has 0 N–H and O–H groups in total. The second kappa shape index (κ2) is 5.84. The number of hydrogen-bond acceptors (Lipinski definition) is 2. The SMILES string of the molecule is CCCCCC1=C(CC(=O)[O-])CCC1. The molecule has 0 bridgehead atoms. The van der Waals surface area contributed by atoms with Crippen molar-refractivity contribution in [3.8, 4) is 0 Å². The van der Waals surface area contributed by atoms with Gasteiger partial charge in [-0.25, -0.2) is 0 Å². The lowest BCUT2D eigenvalue weighted by Crippen LogP contribution is -2.22. The Morgan fingerprint density at radius 1 is 1.29 bits per heavy atom. The Morgan fingerprint density at radius 3 is 2.64 bits per heavy atom. The zero-order chi connectivity index (χ0) is 10.4. The van der Waals surface area contributed by atoms with Crippen LogP contribution in [0.2, 0.25) is 0 Å². The molecular formula is C12H19O2-. The van der Waals surface area contributed by atoms with Crippen LogP contribution < -0.4 is 5.11 Å². The van der Waals surface area contributed by atoms with E-state index in [1.54, 1.807) is 0 Å². The summed E-state index contributed by atoms with van der Waals surface area (Å²) in [6.45, 7) is 2.19. The van der Waals surface area contributed by atoms with E-state index in [0.29, 0.717) is 0 Å². The number of allylic oxidation sites excluding steroid dienone is 1. The predicted molar refractivity (Wildman–Crippen MR) is 54.6 cm³/mol.